The van der Waals surface area contributed by atoms with Gasteiger partial charge in [-0.1, -0.05) is 6.07 Å². The summed E-state index contributed by atoms with van der Waals surface area (Å²) in [5.41, 5.74) is 1.37. The summed E-state index contributed by atoms with van der Waals surface area (Å²) >= 11 is 1.50. The highest BCUT2D eigenvalue weighted by molar-refractivity contribution is 7.15. The van der Waals surface area contributed by atoms with E-state index in [4.69, 9.17) is 4.74 Å². The summed E-state index contributed by atoms with van der Waals surface area (Å²) in [4.78, 5) is 23.3. The summed E-state index contributed by atoms with van der Waals surface area (Å²) in [6, 6.07) is 5.83. The van der Waals surface area contributed by atoms with Gasteiger partial charge in [-0.3, -0.25) is 4.98 Å². The number of methoxy groups -OCH3 is 1. The molecule has 106 valence electrons. The molecule has 2 aromatic rings. The molecule has 0 unspecified atom stereocenters. The van der Waals surface area contributed by atoms with Crippen molar-refractivity contribution in [2.75, 3.05) is 18.6 Å². The predicted molar refractivity (Wildman–Crippen MR) is 79.2 cm³/mol. The zero-order valence-corrected chi connectivity index (χ0v) is 12.6. The van der Waals surface area contributed by atoms with Gasteiger partial charge in [-0.25, -0.2) is 9.78 Å². The molecule has 0 amide bonds. The van der Waals surface area contributed by atoms with Crippen LogP contribution in [0.25, 0.3) is 0 Å². The number of carbonyl (C=O) groups excluding carboxylic acids is 1. The van der Waals surface area contributed by atoms with E-state index in [0.717, 1.165) is 22.2 Å². The first-order valence-corrected chi connectivity index (χ1v) is 7.18. The fraction of sp³-hybridized carbons (Fsp3) is 0.357. The quantitative estimate of drug-likeness (QED) is 0.793. The summed E-state index contributed by atoms with van der Waals surface area (Å²) in [5, 5.41) is 0.816. The van der Waals surface area contributed by atoms with Gasteiger partial charge in [0.25, 0.3) is 0 Å². The van der Waals surface area contributed by atoms with Crippen molar-refractivity contribution >= 4 is 22.4 Å². The summed E-state index contributed by atoms with van der Waals surface area (Å²) < 4.78 is 4.74. The molecular weight excluding hydrogens is 274 g/mol. The first kappa shape index (κ1) is 14.5. The molecule has 0 fully saturated rings. The molecule has 2 heterocycles. The van der Waals surface area contributed by atoms with E-state index in [2.05, 4.69) is 21.8 Å². The fourth-order valence-electron chi connectivity index (χ4n) is 1.81. The van der Waals surface area contributed by atoms with E-state index in [1.165, 1.54) is 18.4 Å². The molecule has 0 saturated carbocycles. The fourth-order valence-corrected chi connectivity index (χ4v) is 2.76. The topological polar surface area (TPSA) is 55.3 Å². The number of esters is 1. The number of ether oxygens (including phenoxy) is 1. The number of aryl methyl sites for hydroxylation is 1. The maximum absolute atomic E-state index is 11.6. The lowest BCUT2D eigenvalue weighted by molar-refractivity contribution is 0.0594. The van der Waals surface area contributed by atoms with Gasteiger partial charge in [0.2, 0.25) is 0 Å². The van der Waals surface area contributed by atoms with E-state index in [-0.39, 0.29) is 5.97 Å². The predicted octanol–water partition coefficient (Wildman–Crippen LogP) is 2.66. The average Bonchev–Trinajstić information content (AvgIpc) is 2.87. The first-order chi connectivity index (χ1) is 9.65. The zero-order chi connectivity index (χ0) is 14.5. The van der Waals surface area contributed by atoms with Crippen LogP contribution >= 0.6 is 11.3 Å². The van der Waals surface area contributed by atoms with Gasteiger partial charge in [-0.2, -0.15) is 0 Å². The molecule has 2 aromatic heterocycles. The van der Waals surface area contributed by atoms with Crippen molar-refractivity contribution in [3.63, 3.8) is 0 Å². The van der Waals surface area contributed by atoms with Crippen LogP contribution in [0.3, 0.4) is 0 Å². The van der Waals surface area contributed by atoms with Gasteiger partial charge in [-0.15, -0.1) is 11.3 Å². The van der Waals surface area contributed by atoms with Crippen LogP contribution in [0.2, 0.25) is 0 Å². The highest BCUT2D eigenvalue weighted by Gasteiger charge is 2.19. The molecule has 20 heavy (non-hydrogen) atoms. The highest BCUT2D eigenvalue weighted by Crippen LogP contribution is 2.27. The van der Waals surface area contributed by atoms with Gasteiger partial charge >= 0.3 is 5.97 Å². The Kier molecular flexibility index (Phi) is 4.68. The van der Waals surface area contributed by atoms with Gasteiger partial charge in [0.1, 0.15) is 0 Å². The van der Waals surface area contributed by atoms with Crippen molar-refractivity contribution in [1.82, 2.24) is 9.97 Å². The zero-order valence-electron chi connectivity index (χ0n) is 11.8. The first-order valence-electron chi connectivity index (χ1n) is 6.36. The van der Waals surface area contributed by atoms with E-state index < -0.39 is 0 Å². The Morgan fingerprint density at radius 2 is 2.25 bits per heavy atom. The SMILES string of the molecule is CCN(Cc1ccccn1)c1nc(C(=O)OC)c(C)s1. The third-order valence-corrected chi connectivity index (χ3v) is 3.93. The van der Waals surface area contributed by atoms with Crippen LogP contribution in [-0.4, -0.2) is 29.6 Å². The van der Waals surface area contributed by atoms with E-state index in [1.54, 1.807) is 6.20 Å². The second-order valence-corrected chi connectivity index (χ2v) is 5.41. The second kappa shape index (κ2) is 6.47. The van der Waals surface area contributed by atoms with Gasteiger partial charge in [-0.05, 0) is 26.0 Å². The molecule has 5 nitrogen and oxygen atoms in total. The molecule has 0 aromatic carbocycles. The maximum atomic E-state index is 11.6. The Balaban J connectivity index is 2.22. The molecule has 0 saturated heterocycles. The molecule has 0 bridgehead atoms. The van der Waals surface area contributed by atoms with Crippen LogP contribution in [0.15, 0.2) is 24.4 Å². The van der Waals surface area contributed by atoms with Crippen LogP contribution < -0.4 is 4.90 Å². The number of thiazole rings is 1. The van der Waals surface area contributed by atoms with Crippen LogP contribution in [0.4, 0.5) is 5.13 Å². The normalized spacial score (nSPS) is 10.3. The Hall–Kier alpha value is -1.95. The third kappa shape index (κ3) is 3.14. The van der Waals surface area contributed by atoms with Crippen molar-refractivity contribution in [3.8, 4) is 0 Å². The van der Waals surface area contributed by atoms with Crippen molar-refractivity contribution in [2.45, 2.75) is 20.4 Å². The molecule has 2 rings (SSSR count). The van der Waals surface area contributed by atoms with Gasteiger partial charge in [0.05, 0.1) is 19.3 Å². The minimum atomic E-state index is -0.390. The molecule has 0 atom stereocenters. The van der Waals surface area contributed by atoms with Crippen LogP contribution in [0.5, 0.6) is 0 Å². The van der Waals surface area contributed by atoms with E-state index in [9.17, 15) is 4.79 Å². The number of pyridine rings is 1. The average molecular weight is 291 g/mol. The van der Waals surface area contributed by atoms with E-state index in [0.29, 0.717) is 12.2 Å². The number of hydrogen-bond donors (Lipinski definition) is 0. The Labute approximate surface area is 122 Å². The minimum absolute atomic E-state index is 0.390. The van der Waals surface area contributed by atoms with Crippen molar-refractivity contribution in [2.24, 2.45) is 0 Å². The number of aromatic nitrogens is 2. The van der Waals surface area contributed by atoms with Gasteiger partial charge < -0.3 is 9.64 Å². The Morgan fingerprint density at radius 3 is 2.85 bits per heavy atom. The van der Waals surface area contributed by atoms with Gasteiger partial charge in [0.15, 0.2) is 10.8 Å². The lowest BCUT2D eigenvalue weighted by Crippen LogP contribution is -2.22. The summed E-state index contributed by atoms with van der Waals surface area (Å²) in [6.07, 6.45) is 1.77. The van der Waals surface area contributed by atoms with E-state index in [1.807, 2.05) is 25.1 Å². The second-order valence-electron chi connectivity index (χ2n) is 4.23. The molecule has 0 aliphatic carbocycles. The number of nitrogens with zero attached hydrogens (tertiary/aromatic N) is 3. The molecular formula is C14H17N3O2S. The maximum Gasteiger partial charge on any atom is 0.357 e. The van der Waals surface area contributed by atoms with Crippen molar-refractivity contribution in [1.29, 1.82) is 0 Å². The molecule has 0 spiro atoms. The lowest BCUT2D eigenvalue weighted by Gasteiger charge is -2.19. The summed E-state index contributed by atoms with van der Waals surface area (Å²) in [5.74, 6) is -0.390. The van der Waals surface area contributed by atoms with Crippen LogP contribution in [0.1, 0.15) is 28.0 Å². The number of anilines is 1. The molecule has 0 aliphatic rings. The Bertz CT molecular complexity index is 583. The lowest BCUT2D eigenvalue weighted by atomic mass is 10.3. The van der Waals surface area contributed by atoms with Crippen molar-refractivity contribution in [3.05, 3.63) is 40.7 Å². The molecule has 0 aliphatic heterocycles. The van der Waals surface area contributed by atoms with Gasteiger partial charge in [0, 0.05) is 17.6 Å². The Morgan fingerprint density at radius 1 is 1.45 bits per heavy atom. The largest absolute Gasteiger partial charge is 0.464 e. The standard InChI is InChI=1S/C14H17N3O2S/c1-4-17(9-11-7-5-6-8-15-11)14-16-12(10(2)20-14)13(18)19-3/h5-8H,4,9H2,1-3H3. The number of hydrogen-bond acceptors (Lipinski definition) is 6. The summed E-state index contributed by atoms with van der Waals surface area (Å²) in [6.45, 7) is 5.40. The molecule has 0 N–H and O–H groups in total. The number of rotatable bonds is 5. The molecule has 6 heteroatoms. The highest BCUT2D eigenvalue weighted by atomic mass is 32.1. The third-order valence-electron chi connectivity index (χ3n) is 2.90. The number of carbonyl (C=O) groups is 1. The molecule has 0 radical (unpaired) electrons. The van der Waals surface area contributed by atoms with E-state index >= 15 is 0 Å². The van der Waals surface area contributed by atoms with Crippen LogP contribution in [0, 0.1) is 6.92 Å². The van der Waals surface area contributed by atoms with Crippen molar-refractivity contribution < 1.29 is 9.53 Å². The summed E-state index contributed by atoms with van der Waals surface area (Å²) in [7, 11) is 1.37. The monoisotopic (exact) mass is 291 g/mol. The van der Waals surface area contributed by atoms with Crippen LogP contribution in [-0.2, 0) is 11.3 Å². The minimum Gasteiger partial charge on any atom is -0.464 e. The smallest absolute Gasteiger partial charge is 0.357 e.